The molecule has 0 aliphatic carbocycles. The van der Waals surface area contributed by atoms with Crippen molar-refractivity contribution in [2.75, 3.05) is 0 Å². The minimum Gasteiger partial charge on any atom is -0.287 e. The molecule has 1 aromatic heterocycles. The van der Waals surface area contributed by atoms with Crippen molar-refractivity contribution in [1.29, 1.82) is 0 Å². The molecule has 3 aromatic carbocycles. The van der Waals surface area contributed by atoms with E-state index in [-0.39, 0.29) is 5.43 Å². The predicted octanol–water partition coefficient (Wildman–Crippen LogP) is 5.04. The summed E-state index contributed by atoms with van der Waals surface area (Å²) in [5, 5.41) is 5.32. The first-order valence-corrected chi connectivity index (χ1v) is 9.16. The van der Waals surface area contributed by atoms with Crippen LogP contribution in [0.25, 0.3) is 22.0 Å². The molecule has 0 atom stereocenters. The van der Waals surface area contributed by atoms with Crippen LogP contribution in [0, 0.1) is 20.8 Å². The molecule has 0 radical (unpaired) electrons. The SMILES string of the molecule is Cc1ccc(-c2cccc3c2c(=O)c(C)nn3Cc2ccccc2)c(C)c1. The summed E-state index contributed by atoms with van der Waals surface area (Å²) in [4.78, 5) is 13.0. The van der Waals surface area contributed by atoms with Crippen molar-refractivity contribution < 1.29 is 0 Å². The lowest BCUT2D eigenvalue weighted by Gasteiger charge is -2.15. The fraction of sp³-hybridized carbons (Fsp3) is 0.167. The van der Waals surface area contributed by atoms with Gasteiger partial charge in [0.15, 0.2) is 0 Å². The monoisotopic (exact) mass is 354 g/mol. The van der Waals surface area contributed by atoms with Crippen LogP contribution in [0.4, 0.5) is 0 Å². The largest absolute Gasteiger partial charge is 0.287 e. The molecule has 0 fully saturated rings. The molecule has 3 nitrogen and oxygen atoms in total. The van der Waals surface area contributed by atoms with Crippen LogP contribution in [0.15, 0.2) is 71.5 Å². The third-order valence-electron chi connectivity index (χ3n) is 4.99. The zero-order valence-electron chi connectivity index (χ0n) is 15.9. The number of aromatic nitrogens is 2. The van der Waals surface area contributed by atoms with Gasteiger partial charge in [-0.2, -0.15) is 5.10 Å². The quantitative estimate of drug-likeness (QED) is 0.517. The van der Waals surface area contributed by atoms with Gasteiger partial charge < -0.3 is 0 Å². The second-order valence-electron chi connectivity index (χ2n) is 7.08. The van der Waals surface area contributed by atoms with Crippen molar-refractivity contribution in [1.82, 2.24) is 9.78 Å². The van der Waals surface area contributed by atoms with E-state index in [9.17, 15) is 4.79 Å². The molecule has 0 N–H and O–H groups in total. The molecule has 0 unspecified atom stereocenters. The highest BCUT2D eigenvalue weighted by atomic mass is 16.1. The highest BCUT2D eigenvalue weighted by Crippen LogP contribution is 2.29. The third kappa shape index (κ3) is 3.17. The van der Waals surface area contributed by atoms with Gasteiger partial charge in [0.2, 0.25) is 5.43 Å². The number of rotatable bonds is 3. The predicted molar refractivity (Wildman–Crippen MR) is 111 cm³/mol. The van der Waals surface area contributed by atoms with E-state index in [0.717, 1.165) is 27.6 Å². The second kappa shape index (κ2) is 6.84. The Balaban J connectivity index is 1.99. The zero-order chi connectivity index (χ0) is 19.0. The Kier molecular flexibility index (Phi) is 4.36. The van der Waals surface area contributed by atoms with Gasteiger partial charge in [0.05, 0.1) is 17.4 Å². The topological polar surface area (TPSA) is 34.9 Å². The van der Waals surface area contributed by atoms with E-state index >= 15 is 0 Å². The van der Waals surface area contributed by atoms with Crippen LogP contribution in [-0.4, -0.2) is 9.78 Å². The maximum absolute atomic E-state index is 13.0. The van der Waals surface area contributed by atoms with Crippen molar-refractivity contribution in [3.05, 3.63) is 99.3 Å². The molecule has 0 saturated heterocycles. The van der Waals surface area contributed by atoms with Crippen molar-refractivity contribution >= 4 is 10.9 Å². The van der Waals surface area contributed by atoms with Crippen LogP contribution in [-0.2, 0) is 6.54 Å². The van der Waals surface area contributed by atoms with Gasteiger partial charge in [-0.15, -0.1) is 0 Å². The molecule has 0 saturated carbocycles. The van der Waals surface area contributed by atoms with E-state index in [2.05, 4.69) is 49.3 Å². The van der Waals surface area contributed by atoms with Gasteiger partial charge in [0.1, 0.15) is 5.69 Å². The van der Waals surface area contributed by atoms with Gasteiger partial charge in [-0.05, 0) is 49.1 Å². The summed E-state index contributed by atoms with van der Waals surface area (Å²) in [5.41, 5.74) is 7.02. The van der Waals surface area contributed by atoms with E-state index in [1.54, 1.807) is 6.92 Å². The molecule has 0 amide bonds. The van der Waals surface area contributed by atoms with Crippen LogP contribution in [0.3, 0.4) is 0 Å². The van der Waals surface area contributed by atoms with Crippen molar-refractivity contribution in [2.45, 2.75) is 27.3 Å². The van der Waals surface area contributed by atoms with Crippen molar-refractivity contribution in [2.24, 2.45) is 0 Å². The molecule has 0 spiro atoms. The first kappa shape index (κ1) is 17.2. The summed E-state index contributed by atoms with van der Waals surface area (Å²) >= 11 is 0. The van der Waals surface area contributed by atoms with Gasteiger partial charge in [-0.1, -0.05) is 66.2 Å². The first-order valence-electron chi connectivity index (χ1n) is 9.16. The summed E-state index contributed by atoms with van der Waals surface area (Å²) in [6.45, 7) is 6.61. The smallest absolute Gasteiger partial charge is 0.211 e. The standard InChI is InChI=1S/C24H22N2O/c1-16-12-13-20(17(2)14-16)21-10-7-11-22-23(21)24(27)18(3)25-26(22)15-19-8-5-4-6-9-19/h4-14H,15H2,1-3H3. The summed E-state index contributed by atoms with van der Waals surface area (Å²) in [6, 6.07) is 22.6. The molecular formula is C24H22N2O. The molecular weight excluding hydrogens is 332 g/mol. The molecule has 0 bridgehead atoms. The van der Waals surface area contributed by atoms with Gasteiger partial charge in [-0.25, -0.2) is 0 Å². The Labute approximate surface area is 158 Å². The van der Waals surface area contributed by atoms with Crippen LogP contribution >= 0.6 is 0 Å². The lowest BCUT2D eigenvalue weighted by atomic mass is 9.95. The molecule has 27 heavy (non-hydrogen) atoms. The van der Waals surface area contributed by atoms with Gasteiger partial charge in [-0.3, -0.25) is 9.48 Å². The van der Waals surface area contributed by atoms with Crippen molar-refractivity contribution in [3.8, 4) is 11.1 Å². The minimum absolute atomic E-state index is 0.00452. The molecule has 0 aliphatic heterocycles. The Bertz CT molecular complexity index is 1190. The normalized spacial score (nSPS) is 11.1. The van der Waals surface area contributed by atoms with Gasteiger partial charge in [0.25, 0.3) is 0 Å². The molecule has 1 heterocycles. The Morgan fingerprint density at radius 1 is 0.852 bits per heavy atom. The van der Waals surface area contributed by atoms with Gasteiger partial charge >= 0.3 is 0 Å². The third-order valence-corrected chi connectivity index (χ3v) is 4.99. The summed E-state index contributed by atoms with van der Waals surface area (Å²) in [6.07, 6.45) is 0. The number of aryl methyl sites for hydroxylation is 3. The first-order chi connectivity index (χ1) is 13.0. The second-order valence-corrected chi connectivity index (χ2v) is 7.08. The maximum atomic E-state index is 13.0. The zero-order valence-corrected chi connectivity index (χ0v) is 15.9. The molecule has 3 heteroatoms. The number of nitrogens with zero attached hydrogens (tertiary/aromatic N) is 2. The number of benzene rings is 3. The highest BCUT2D eigenvalue weighted by Gasteiger charge is 2.14. The minimum atomic E-state index is 0.00452. The molecule has 4 rings (SSSR count). The van der Waals surface area contributed by atoms with E-state index in [4.69, 9.17) is 0 Å². The average Bonchev–Trinajstić information content (AvgIpc) is 2.66. The summed E-state index contributed by atoms with van der Waals surface area (Å²) < 4.78 is 1.94. The highest BCUT2D eigenvalue weighted by molar-refractivity contribution is 5.95. The Hall–Kier alpha value is -3.20. The fourth-order valence-electron chi connectivity index (χ4n) is 3.67. The van der Waals surface area contributed by atoms with Crippen LogP contribution in [0.1, 0.15) is 22.4 Å². The molecule has 0 aliphatic rings. The van der Waals surface area contributed by atoms with E-state index in [1.807, 2.05) is 41.1 Å². The number of fused-ring (bicyclic) bond motifs is 1. The van der Waals surface area contributed by atoms with E-state index < -0.39 is 0 Å². The fourth-order valence-corrected chi connectivity index (χ4v) is 3.67. The molecule has 4 aromatic rings. The average molecular weight is 354 g/mol. The van der Waals surface area contributed by atoms with E-state index in [0.29, 0.717) is 12.2 Å². The number of hydrogen-bond acceptors (Lipinski definition) is 2. The van der Waals surface area contributed by atoms with E-state index in [1.165, 1.54) is 11.1 Å². The van der Waals surface area contributed by atoms with Crippen LogP contribution in [0.5, 0.6) is 0 Å². The maximum Gasteiger partial charge on any atom is 0.211 e. The lowest BCUT2D eigenvalue weighted by molar-refractivity contribution is 0.682. The lowest BCUT2D eigenvalue weighted by Crippen LogP contribution is -2.18. The summed E-state index contributed by atoms with van der Waals surface area (Å²) in [7, 11) is 0. The van der Waals surface area contributed by atoms with Crippen molar-refractivity contribution in [3.63, 3.8) is 0 Å². The summed E-state index contributed by atoms with van der Waals surface area (Å²) in [5.74, 6) is 0. The Morgan fingerprint density at radius 3 is 2.37 bits per heavy atom. The Morgan fingerprint density at radius 2 is 1.63 bits per heavy atom. The number of hydrogen-bond donors (Lipinski definition) is 0. The molecule has 134 valence electrons. The van der Waals surface area contributed by atoms with Crippen LogP contribution < -0.4 is 5.43 Å². The van der Waals surface area contributed by atoms with Gasteiger partial charge in [0, 0.05) is 0 Å². The van der Waals surface area contributed by atoms with Crippen LogP contribution in [0.2, 0.25) is 0 Å².